The maximum atomic E-state index is 12.3. The molecule has 1 amide bonds. The van der Waals surface area contributed by atoms with Crippen LogP contribution in [0, 0.1) is 26.2 Å². The monoisotopic (exact) mass is 389 g/mol. The first-order chi connectivity index (χ1) is 12.6. The minimum atomic E-state index is 0.0139. The van der Waals surface area contributed by atoms with Crippen molar-refractivity contribution in [2.45, 2.75) is 39.8 Å². The molecule has 27 heavy (non-hydrogen) atoms. The van der Waals surface area contributed by atoms with Crippen LogP contribution in [0.5, 0.6) is 0 Å². The summed E-state index contributed by atoms with van der Waals surface area (Å²) in [6.07, 6.45) is 0. The number of carbonyl (C=O) groups is 1. The van der Waals surface area contributed by atoms with Gasteiger partial charge in [0.1, 0.15) is 5.82 Å². The van der Waals surface area contributed by atoms with Gasteiger partial charge in [-0.15, -0.1) is 10.2 Å². The molecule has 0 spiro atoms. The molecule has 1 aromatic heterocycles. The highest BCUT2D eigenvalue weighted by Crippen LogP contribution is 2.25. The smallest absolute Gasteiger partial charge is 0.230 e. The van der Waals surface area contributed by atoms with E-state index in [1.807, 2.05) is 25.6 Å². The third-order valence-electron chi connectivity index (χ3n) is 4.24. The first kappa shape index (κ1) is 21.4. The third kappa shape index (κ3) is 6.07. The molecule has 0 saturated carbocycles. The predicted octanol–water partition coefficient (Wildman–Crippen LogP) is 2.99. The first-order valence-electron chi connectivity index (χ1n) is 9.13. The zero-order valence-electron chi connectivity index (χ0n) is 17.5. The van der Waals surface area contributed by atoms with Gasteiger partial charge in [-0.3, -0.25) is 9.36 Å². The Kier molecular flexibility index (Phi) is 7.06. The molecule has 0 bridgehead atoms. The second-order valence-electron chi connectivity index (χ2n) is 8.12. The molecule has 0 fully saturated rings. The summed E-state index contributed by atoms with van der Waals surface area (Å²) >= 11 is 1.42. The van der Waals surface area contributed by atoms with Gasteiger partial charge in [0.25, 0.3) is 0 Å². The molecule has 1 aromatic carbocycles. The van der Waals surface area contributed by atoms with E-state index >= 15 is 0 Å². The van der Waals surface area contributed by atoms with E-state index in [1.54, 1.807) is 0 Å². The van der Waals surface area contributed by atoms with Crippen molar-refractivity contribution >= 4 is 17.7 Å². The van der Waals surface area contributed by atoms with E-state index in [-0.39, 0.29) is 11.3 Å². The van der Waals surface area contributed by atoms with Gasteiger partial charge in [0, 0.05) is 13.1 Å². The van der Waals surface area contributed by atoms with Crippen molar-refractivity contribution in [3.8, 4) is 5.69 Å². The maximum absolute atomic E-state index is 12.3. The van der Waals surface area contributed by atoms with Gasteiger partial charge >= 0.3 is 0 Å². The summed E-state index contributed by atoms with van der Waals surface area (Å²) in [6, 6.07) is 6.31. The van der Waals surface area contributed by atoms with Gasteiger partial charge in [-0.2, -0.15) is 0 Å². The van der Waals surface area contributed by atoms with E-state index in [2.05, 4.69) is 66.3 Å². The Hall–Kier alpha value is -1.86. The lowest BCUT2D eigenvalue weighted by Crippen LogP contribution is -2.40. The molecule has 0 aliphatic carbocycles. The van der Waals surface area contributed by atoms with Crippen LogP contribution in [0.2, 0.25) is 0 Å². The number of benzene rings is 1. The number of hydrogen-bond donors (Lipinski definition) is 1. The van der Waals surface area contributed by atoms with Gasteiger partial charge < -0.3 is 10.2 Å². The van der Waals surface area contributed by atoms with Crippen molar-refractivity contribution in [1.82, 2.24) is 25.0 Å². The fourth-order valence-corrected chi connectivity index (χ4v) is 3.93. The number of rotatable bonds is 8. The largest absolute Gasteiger partial charge is 0.355 e. The Morgan fingerprint density at radius 3 is 2.59 bits per heavy atom. The summed E-state index contributed by atoms with van der Waals surface area (Å²) in [5.41, 5.74) is 3.42. The minimum absolute atomic E-state index is 0.0139. The van der Waals surface area contributed by atoms with E-state index in [1.165, 1.54) is 17.3 Å². The molecule has 0 aliphatic rings. The number of nitrogens with one attached hydrogen (secondary N) is 1. The minimum Gasteiger partial charge on any atom is -0.355 e. The van der Waals surface area contributed by atoms with Crippen LogP contribution in [0.3, 0.4) is 0 Å². The molecule has 0 atom stereocenters. The van der Waals surface area contributed by atoms with Crippen molar-refractivity contribution in [1.29, 1.82) is 0 Å². The standard InChI is InChI=1S/C20H31N5OS/c1-14-8-9-15(2)17(10-14)25-16(3)22-23-19(25)27-11-18(26)21-12-20(4,5)13-24(6)7/h8-10H,11-13H2,1-7H3,(H,21,26). The quantitative estimate of drug-likeness (QED) is 0.703. The second kappa shape index (κ2) is 8.89. The summed E-state index contributed by atoms with van der Waals surface area (Å²) in [6.45, 7) is 11.9. The normalized spacial score (nSPS) is 11.9. The lowest BCUT2D eigenvalue weighted by molar-refractivity contribution is -0.119. The number of amides is 1. The lowest BCUT2D eigenvalue weighted by Gasteiger charge is -2.28. The SMILES string of the molecule is Cc1ccc(C)c(-n2c(C)nnc2SCC(=O)NCC(C)(C)CN(C)C)c1. The van der Waals surface area contributed by atoms with E-state index in [9.17, 15) is 4.79 Å². The number of thioether (sulfide) groups is 1. The van der Waals surface area contributed by atoms with Crippen LogP contribution in [0.15, 0.2) is 23.4 Å². The molecule has 0 aliphatic heterocycles. The van der Waals surface area contributed by atoms with Crippen LogP contribution in [0.4, 0.5) is 0 Å². The van der Waals surface area contributed by atoms with E-state index < -0.39 is 0 Å². The Morgan fingerprint density at radius 2 is 1.93 bits per heavy atom. The molecule has 2 aromatic rings. The van der Waals surface area contributed by atoms with Crippen LogP contribution < -0.4 is 5.32 Å². The van der Waals surface area contributed by atoms with Crippen LogP contribution in [0.1, 0.15) is 30.8 Å². The molecule has 2 rings (SSSR count). The summed E-state index contributed by atoms with van der Waals surface area (Å²) in [5.74, 6) is 1.15. The lowest BCUT2D eigenvalue weighted by atomic mass is 9.93. The molecular weight excluding hydrogens is 358 g/mol. The molecule has 7 heteroatoms. The number of hydrogen-bond acceptors (Lipinski definition) is 5. The van der Waals surface area contributed by atoms with E-state index in [0.717, 1.165) is 28.8 Å². The van der Waals surface area contributed by atoms with Gasteiger partial charge in [0.15, 0.2) is 5.16 Å². The third-order valence-corrected chi connectivity index (χ3v) is 5.17. The summed E-state index contributed by atoms with van der Waals surface area (Å²) in [4.78, 5) is 14.5. The number of aromatic nitrogens is 3. The van der Waals surface area contributed by atoms with Gasteiger partial charge in [0.05, 0.1) is 11.4 Å². The molecule has 0 radical (unpaired) electrons. The van der Waals surface area contributed by atoms with Crippen LogP contribution in [-0.4, -0.2) is 58.5 Å². The maximum Gasteiger partial charge on any atom is 0.230 e. The first-order valence-corrected chi connectivity index (χ1v) is 10.1. The van der Waals surface area contributed by atoms with E-state index in [4.69, 9.17) is 0 Å². The number of nitrogens with zero attached hydrogens (tertiary/aromatic N) is 4. The Labute approximate surface area is 166 Å². The molecule has 0 unspecified atom stereocenters. The molecule has 0 saturated heterocycles. The Morgan fingerprint density at radius 1 is 1.22 bits per heavy atom. The Balaban J connectivity index is 2.03. The van der Waals surface area contributed by atoms with Gasteiger partial charge in [-0.1, -0.05) is 37.7 Å². The number of carbonyl (C=O) groups excluding carboxylic acids is 1. The van der Waals surface area contributed by atoms with Crippen LogP contribution in [-0.2, 0) is 4.79 Å². The van der Waals surface area contributed by atoms with Crippen molar-refractivity contribution < 1.29 is 4.79 Å². The van der Waals surface area contributed by atoms with Crippen molar-refractivity contribution in [3.63, 3.8) is 0 Å². The molecule has 6 nitrogen and oxygen atoms in total. The van der Waals surface area contributed by atoms with E-state index in [0.29, 0.717) is 12.3 Å². The van der Waals surface area contributed by atoms with Crippen LogP contribution in [0.25, 0.3) is 5.69 Å². The topological polar surface area (TPSA) is 63.1 Å². The fourth-order valence-electron chi connectivity index (χ4n) is 3.11. The zero-order chi connectivity index (χ0) is 20.2. The van der Waals surface area contributed by atoms with Crippen molar-refractivity contribution in [2.24, 2.45) is 5.41 Å². The second-order valence-corrected chi connectivity index (χ2v) is 9.07. The average molecular weight is 390 g/mol. The summed E-state index contributed by atoms with van der Waals surface area (Å²) < 4.78 is 2.02. The van der Waals surface area contributed by atoms with Gasteiger partial charge in [-0.05, 0) is 57.5 Å². The predicted molar refractivity (Wildman–Crippen MR) is 112 cm³/mol. The Bertz CT molecular complexity index is 798. The molecular formula is C20H31N5OS. The summed E-state index contributed by atoms with van der Waals surface area (Å²) in [7, 11) is 4.09. The molecule has 148 valence electrons. The van der Waals surface area contributed by atoms with Gasteiger partial charge in [-0.25, -0.2) is 0 Å². The highest BCUT2D eigenvalue weighted by molar-refractivity contribution is 7.99. The molecule has 1 N–H and O–H groups in total. The highest BCUT2D eigenvalue weighted by atomic mass is 32.2. The van der Waals surface area contributed by atoms with Crippen molar-refractivity contribution in [2.75, 3.05) is 32.9 Å². The van der Waals surface area contributed by atoms with Crippen molar-refractivity contribution in [3.05, 3.63) is 35.2 Å². The molecule has 1 heterocycles. The zero-order valence-corrected chi connectivity index (χ0v) is 18.3. The highest BCUT2D eigenvalue weighted by Gasteiger charge is 2.20. The summed E-state index contributed by atoms with van der Waals surface area (Å²) in [5, 5.41) is 12.3. The van der Waals surface area contributed by atoms with Crippen LogP contribution >= 0.6 is 11.8 Å². The average Bonchev–Trinajstić information content (AvgIpc) is 2.93. The number of aryl methyl sites for hydroxylation is 3. The van der Waals surface area contributed by atoms with Gasteiger partial charge in [0.2, 0.25) is 5.91 Å². The fraction of sp³-hybridized carbons (Fsp3) is 0.550.